The number of hydrogen-bond donors (Lipinski definition) is 2. The molecule has 5 heteroatoms. The topological polar surface area (TPSA) is 66.4 Å². The van der Waals surface area contributed by atoms with Crippen LogP contribution in [0.25, 0.3) is 0 Å². The van der Waals surface area contributed by atoms with Gasteiger partial charge in [0, 0.05) is 6.42 Å². The first-order valence-corrected chi connectivity index (χ1v) is 5.27. The molecule has 1 atom stereocenters. The number of hydrogen-bond acceptors (Lipinski definition) is 3. The molecule has 0 saturated heterocycles. The molecule has 1 aromatic rings. The molecule has 0 heterocycles. The van der Waals surface area contributed by atoms with Crippen molar-refractivity contribution in [1.29, 1.82) is 0 Å². The summed E-state index contributed by atoms with van der Waals surface area (Å²) in [7, 11) is 0. The average molecular weight is 239 g/mol. The number of carbonyl (C=O) groups excluding carboxylic acids is 2. The Hall–Kier alpha value is -1.91. The van der Waals surface area contributed by atoms with E-state index in [0.717, 1.165) is 18.2 Å². The summed E-state index contributed by atoms with van der Waals surface area (Å²) in [5.41, 5.74) is -0.180. The van der Waals surface area contributed by atoms with Gasteiger partial charge in [0.1, 0.15) is 11.6 Å². The molecule has 0 bridgehead atoms. The van der Waals surface area contributed by atoms with Crippen molar-refractivity contribution >= 4 is 11.7 Å². The molecule has 0 aliphatic carbocycles. The highest BCUT2D eigenvalue weighted by molar-refractivity contribution is 5.99. The quantitative estimate of drug-likeness (QED) is 0.839. The number of amides is 1. The van der Waals surface area contributed by atoms with Crippen LogP contribution in [0.5, 0.6) is 5.75 Å². The molecule has 17 heavy (non-hydrogen) atoms. The third-order valence-corrected chi connectivity index (χ3v) is 2.38. The number of ketones is 1. The van der Waals surface area contributed by atoms with Gasteiger partial charge >= 0.3 is 0 Å². The summed E-state index contributed by atoms with van der Waals surface area (Å²) >= 11 is 0. The number of carbonyl (C=O) groups is 2. The number of benzene rings is 1. The second-order valence-electron chi connectivity index (χ2n) is 3.68. The van der Waals surface area contributed by atoms with E-state index in [1.54, 1.807) is 13.8 Å². The van der Waals surface area contributed by atoms with E-state index in [1.807, 2.05) is 0 Å². The summed E-state index contributed by atoms with van der Waals surface area (Å²) in [5, 5.41) is 11.8. The first kappa shape index (κ1) is 13.2. The van der Waals surface area contributed by atoms with Crippen molar-refractivity contribution in [3.8, 4) is 5.75 Å². The number of Topliss-reactive ketones (excluding diaryl/α,β-unsaturated/α-hetero) is 1. The Kier molecular flexibility index (Phi) is 4.20. The Bertz CT molecular complexity index is 445. The van der Waals surface area contributed by atoms with Gasteiger partial charge in [0.2, 0.25) is 0 Å². The highest BCUT2D eigenvalue weighted by atomic mass is 19.1. The van der Waals surface area contributed by atoms with Gasteiger partial charge in [0.05, 0.1) is 11.6 Å². The Morgan fingerprint density at radius 1 is 1.47 bits per heavy atom. The number of phenols is 1. The molecule has 1 aromatic carbocycles. The van der Waals surface area contributed by atoms with Crippen LogP contribution in [-0.4, -0.2) is 22.8 Å². The predicted octanol–water partition coefficient (Wildman–Crippen LogP) is 1.63. The van der Waals surface area contributed by atoms with Crippen molar-refractivity contribution in [2.45, 2.75) is 26.3 Å². The minimum absolute atomic E-state index is 0.130. The lowest BCUT2D eigenvalue weighted by Crippen LogP contribution is -2.38. The normalized spacial score (nSPS) is 11.9. The van der Waals surface area contributed by atoms with Gasteiger partial charge in [0.15, 0.2) is 5.78 Å². The maximum atomic E-state index is 12.9. The summed E-state index contributed by atoms with van der Waals surface area (Å²) in [6, 6.07) is 2.41. The largest absolute Gasteiger partial charge is 0.507 e. The van der Waals surface area contributed by atoms with Crippen LogP contribution in [0.1, 0.15) is 30.6 Å². The first-order valence-electron chi connectivity index (χ1n) is 5.27. The molecule has 1 unspecified atom stereocenters. The number of aromatic hydroxyl groups is 1. The summed E-state index contributed by atoms with van der Waals surface area (Å²) in [6.45, 7) is 3.23. The fraction of sp³-hybridized carbons (Fsp3) is 0.333. The molecule has 0 spiro atoms. The average Bonchev–Trinajstić information content (AvgIpc) is 2.30. The van der Waals surface area contributed by atoms with Gasteiger partial charge in [-0.15, -0.1) is 0 Å². The van der Waals surface area contributed by atoms with Crippen molar-refractivity contribution < 1.29 is 19.1 Å². The molecule has 0 fully saturated rings. The number of halogens is 1. The zero-order valence-electron chi connectivity index (χ0n) is 9.66. The van der Waals surface area contributed by atoms with Crippen molar-refractivity contribution in [3.05, 3.63) is 29.6 Å². The van der Waals surface area contributed by atoms with Gasteiger partial charge in [-0.1, -0.05) is 6.92 Å². The third-order valence-electron chi connectivity index (χ3n) is 2.38. The van der Waals surface area contributed by atoms with Crippen LogP contribution < -0.4 is 5.32 Å². The van der Waals surface area contributed by atoms with E-state index in [2.05, 4.69) is 5.32 Å². The molecular formula is C12H14FNO3. The minimum atomic E-state index is -0.670. The van der Waals surface area contributed by atoms with Crippen LogP contribution in [0, 0.1) is 5.82 Å². The highest BCUT2D eigenvalue weighted by Crippen LogP contribution is 2.17. The van der Waals surface area contributed by atoms with Crippen LogP contribution >= 0.6 is 0 Å². The number of rotatable bonds is 4. The lowest BCUT2D eigenvalue weighted by Gasteiger charge is -2.12. The second kappa shape index (κ2) is 5.43. The summed E-state index contributed by atoms with van der Waals surface area (Å²) in [5.74, 6) is -1.74. The smallest absolute Gasteiger partial charge is 0.255 e. The maximum Gasteiger partial charge on any atom is 0.255 e. The van der Waals surface area contributed by atoms with Crippen LogP contribution in [-0.2, 0) is 4.79 Å². The van der Waals surface area contributed by atoms with Crippen molar-refractivity contribution in [2.24, 2.45) is 0 Å². The van der Waals surface area contributed by atoms with Gasteiger partial charge in [-0.3, -0.25) is 9.59 Å². The highest BCUT2D eigenvalue weighted by Gasteiger charge is 2.17. The van der Waals surface area contributed by atoms with Crippen molar-refractivity contribution in [1.82, 2.24) is 5.32 Å². The van der Waals surface area contributed by atoms with Crippen LogP contribution in [0.3, 0.4) is 0 Å². The zero-order valence-corrected chi connectivity index (χ0v) is 9.66. The third kappa shape index (κ3) is 3.27. The minimum Gasteiger partial charge on any atom is -0.507 e. The van der Waals surface area contributed by atoms with Gasteiger partial charge in [-0.2, -0.15) is 0 Å². The van der Waals surface area contributed by atoms with E-state index < -0.39 is 17.8 Å². The Morgan fingerprint density at radius 3 is 2.71 bits per heavy atom. The summed E-state index contributed by atoms with van der Waals surface area (Å²) in [4.78, 5) is 22.9. The Labute approximate surface area is 98.5 Å². The second-order valence-corrected chi connectivity index (χ2v) is 3.68. The fourth-order valence-electron chi connectivity index (χ4n) is 1.35. The van der Waals surface area contributed by atoms with Crippen molar-refractivity contribution in [2.75, 3.05) is 0 Å². The molecule has 4 nitrogen and oxygen atoms in total. The lowest BCUT2D eigenvalue weighted by molar-refractivity contribution is -0.120. The van der Waals surface area contributed by atoms with E-state index in [4.69, 9.17) is 0 Å². The van der Waals surface area contributed by atoms with Crippen LogP contribution in [0.2, 0.25) is 0 Å². The number of nitrogens with one attached hydrogen (secondary N) is 1. The molecule has 0 aromatic heterocycles. The van der Waals surface area contributed by atoms with E-state index in [9.17, 15) is 19.1 Å². The molecule has 0 aliphatic rings. The summed E-state index contributed by atoms with van der Waals surface area (Å²) < 4.78 is 12.9. The molecule has 0 saturated carbocycles. The Morgan fingerprint density at radius 2 is 2.12 bits per heavy atom. The SMILES string of the molecule is CCC(=O)C(C)NC(=O)c1cc(F)ccc1O. The summed E-state index contributed by atoms with van der Waals surface area (Å²) in [6.07, 6.45) is 0.302. The predicted molar refractivity (Wildman–Crippen MR) is 60.3 cm³/mol. The molecule has 2 N–H and O–H groups in total. The van der Waals surface area contributed by atoms with Crippen LogP contribution in [0.15, 0.2) is 18.2 Å². The van der Waals surface area contributed by atoms with Gasteiger partial charge < -0.3 is 10.4 Å². The molecule has 1 amide bonds. The molecule has 92 valence electrons. The van der Waals surface area contributed by atoms with Crippen LogP contribution in [0.4, 0.5) is 4.39 Å². The molecule has 0 radical (unpaired) electrons. The lowest BCUT2D eigenvalue weighted by atomic mass is 10.1. The fourth-order valence-corrected chi connectivity index (χ4v) is 1.35. The standard InChI is InChI=1S/C12H14FNO3/c1-3-10(15)7(2)14-12(17)9-6-8(13)4-5-11(9)16/h4-7,16H,3H2,1-2H3,(H,14,17). The first-order chi connectivity index (χ1) is 7.95. The van der Waals surface area contributed by atoms with Gasteiger partial charge in [0.25, 0.3) is 5.91 Å². The molecule has 0 aliphatic heterocycles. The van der Waals surface area contributed by atoms with E-state index in [0.29, 0.717) is 6.42 Å². The molecular weight excluding hydrogens is 225 g/mol. The van der Waals surface area contributed by atoms with E-state index >= 15 is 0 Å². The monoisotopic (exact) mass is 239 g/mol. The van der Waals surface area contributed by atoms with E-state index in [-0.39, 0.29) is 17.1 Å². The van der Waals surface area contributed by atoms with E-state index in [1.165, 1.54) is 0 Å². The van der Waals surface area contributed by atoms with Gasteiger partial charge in [-0.05, 0) is 25.1 Å². The Balaban J connectivity index is 2.83. The van der Waals surface area contributed by atoms with Crippen molar-refractivity contribution in [3.63, 3.8) is 0 Å². The van der Waals surface area contributed by atoms with Gasteiger partial charge in [-0.25, -0.2) is 4.39 Å². The maximum absolute atomic E-state index is 12.9. The number of phenolic OH excluding ortho intramolecular Hbond substituents is 1. The molecule has 1 rings (SSSR count). The zero-order chi connectivity index (χ0) is 13.0.